The Morgan fingerprint density at radius 2 is 0.936 bits per heavy atom. The van der Waals surface area contributed by atoms with Gasteiger partial charge in [-0.05, 0) is 169 Å². The van der Waals surface area contributed by atoms with Gasteiger partial charge in [0.25, 0.3) is 0 Å². The molecule has 0 heterocycles. The number of aryl methyl sites for hydroxylation is 1. The van der Waals surface area contributed by atoms with Crippen molar-refractivity contribution in [3.63, 3.8) is 0 Å². The third-order valence-corrected chi connectivity index (χ3v) is 11.8. The third kappa shape index (κ3) is 22.6. The van der Waals surface area contributed by atoms with E-state index in [0.29, 0.717) is 79.0 Å². The molecule has 0 aliphatic rings. The predicted molar refractivity (Wildman–Crippen MR) is 298 cm³/mol. The summed E-state index contributed by atoms with van der Waals surface area (Å²) in [5.74, 6) is -1.01. The number of carbonyl (C=O) groups excluding carboxylic acids is 6. The van der Waals surface area contributed by atoms with Crippen LogP contribution in [0.25, 0.3) is 17.2 Å². The first kappa shape index (κ1) is 62.3. The fourth-order valence-electron chi connectivity index (χ4n) is 7.05. The van der Waals surface area contributed by atoms with Crippen molar-refractivity contribution in [1.29, 1.82) is 0 Å². The lowest BCUT2D eigenvalue weighted by atomic mass is 9.89. The summed E-state index contributed by atoms with van der Waals surface area (Å²) in [4.78, 5) is 73.8. The molecular weight excluding hydrogens is 997 g/mol. The van der Waals surface area contributed by atoms with Crippen LogP contribution < -0.4 is 23.7 Å². The van der Waals surface area contributed by atoms with Gasteiger partial charge < -0.3 is 42.6 Å². The van der Waals surface area contributed by atoms with E-state index in [1.165, 1.54) is 6.08 Å². The smallest absolute Gasteiger partial charge is 0.343 e. The van der Waals surface area contributed by atoms with Crippen LogP contribution in [0, 0.1) is 12.3 Å². The van der Waals surface area contributed by atoms with Gasteiger partial charge >= 0.3 is 35.8 Å². The Balaban J connectivity index is 1.28. The number of carbonyl (C=O) groups is 6. The highest BCUT2D eigenvalue weighted by atomic mass is 16.6. The van der Waals surface area contributed by atoms with E-state index in [9.17, 15) is 28.8 Å². The molecule has 416 valence electrons. The minimum atomic E-state index is -0.713. The monoisotopic (exact) mass is 1070 g/mol. The summed E-state index contributed by atoms with van der Waals surface area (Å²) in [5, 5.41) is 0. The van der Waals surface area contributed by atoms with Crippen LogP contribution in [0.4, 0.5) is 0 Å². The molecule has 0 aromatic heterocycles. The van der Waals surface area contributed by atoms with E-state index in [1.54, 1.807) is 77.1 Å². The molecule has 0 amide bonds. The minimum Gasteiger partial charge on any atom is -0.494 e. The number of benzene rings is 4. The SMILES string of the molecule is C=C(C)C(=O)OCCCCCCOc1ccc(C(=O)Oc2ccc(OC(=O)/C=C/c3ccc(-c4ccc(OCCC(C)(COC(=O)C(=C)C)COC(=O)C(=C)C)cc4)cc3)c(C)c2)cc1OCCCCCCOC(=O)C(=C)C. The molecule has 0 saturated carbocycles. The van der Waals surface area contributed by atoms with Crippen LogP contribution in [-0.2, 0) is 42.9 Å². The predicted octanol–water partition coefficient (Wildman–Crippen LogP) is 12.6. The lowest BCUT2D eigenvalue weighted by Gasteiger charge is -2.28. The van der Waals surface area contributed by atoms with Crippen molar-refractivity contribution in [3.05, 3.63) is 156 Å². The quantitative estimate of drug-likeness (QED) is 0.0141. The van der Waals surface area contributed by atoms with Gasteiger partial charge in [0.1, 0.15) is 30.5 Å². The Labute approximate surface area is 458 Å². The Kier molecular flexibility index (Phi) is 25.9. The van der Waals surface area contributed by atoms with E-state index < -0.39 is 41.2 Å². The van der Waals surface area contributed by atoms with E-state index in [-0.39, 0.29) is 42.3 Å². The molecule has 0 radical (unpaired) electrons. The van der Waals surface area contributed by atoms with E-state index >= 15 is 0 Å². The maximum absolute atomic E-state index is 13.5. The molecule has 15 nitrogen and oxygen atoms in total. The molecule has 4 aromatic rings. The van der Waals surface area contributed by atoms with Gasteiger partial charge in [-0.25, -0.2) is 28.8 Å². The zero-order valence-corrected chi connectivity index (χ0v) is 46.0. The van der Waals surface area contributed by atoms with Crippen molar-refractivity contribution in [2.75, 3.05) is 46.2 Å². The second kappa shape index (κ2) is 32.4. The minimum absolute atomic E-state index is 0.00854. The van der Waals surface area contributed by atoms with Gasteiger partial charge in [-0.3, -0.25) is 0 Å². The second-order valence-corrected chi connectivity index (χ2v) is 19.4. The average Bonchev–Trinajstić information content (AvgIpc) is 3.41. The van der Waals surface area contributed by atoms with Crippen LogP contribution in [0.15, 0.2) is 140 Å². The van der Waals surface area contributed by atoms with Gasteiger partial charge in [0.15, 0.2) is 11.5 Å². The lowest BCUT2D eigenvalue weighted by molar-refractivity contribution is -0.149. The molecule has 0 saturated heterocycles. The van der Waals surface area contributed by atoms with Crippen molar-refractivity contribution in [2.45, 2.75) is 99.3 Å². The maximum atomic E-state index is 13.5. The molecule has 0 aliphatic heterocycles. The number of hydrogen-bond donors (Lipinski definition) is 0. The average molecular weight is 1070 g/mol. The highest BCUT2D eigenvalue weighted by Crippen LogP contribution is 2.32. The largest absolute Gasteiger partial charge is 0.494 e. The summed E-state index contributed by atoms with van der Waals surface area (Å²) < 4.78 is 50.7. The second-order valence-electron chi connectivity index (χ2n) is 19.4. The van der Waals surface area contributed by atoms with Gasteiger partial charge in [-0.2, -0.15) is 0 Å². The normalized spacial score (nSPS) is 10.9. The van der Waals surface area contributed by atoms with E-state index in [2.05, 4.69) is 26.3 Å². The van der Waals surface area contributed by atoms with Crippen molar-refractivity contribution in [3.8, 4) is 39.9 Å². The molecule has 0 spiro atoms. The van der Waals surface area contributed by atoms with Gasteiger partial charge in [0.2, 0.25) is 0 Å². The van der Waals surface area contributed by atoms with Gasteiger partial charge in [-0.1, -0.05) is 69.6 Å². The van der Waals surface area contributed by atoms with Crippen LogP contribution in [0.1, 0.15) is 114 Å². The van der Waals surface area contributed by atoms with Crippen molar-refractivity contribution < 1.29 is 71.4 Å². The van der Waals surface area contributed by atoms with Gasteiger partial charge in [-0.15, -0.1) is 0 Å². The van der Waals surface area contributed by atoms with Gasteiger partial charge in [0.05, 0.1) is 38.6 Å². The number of rotatable bonds is 34. The zero-order chi connectivity index (χ0) is 57.0. The molecule has 0 unspecified atom stereocenters. The first-order valence-electron chi connectivity index (χ1n) is 26.0. The third-order valence-electron chi connectivity index (χ3n) is 11.8. The number of esters is 6. The molecule has 4 aromatic carbocycles. The zero-order valence-electron chi connectivity index (χ0n) is 46.0. The fourth-order valence-corrected chi connectivity index (χ4v) is 7.05. The van der Waals surface area contributed by atoms with Crippen LogP contribution >= 0.6 is 0 Å². The molecule has 0 fully saturated rings. The standard InChI is InChI=1S/C63H74O15/c1-43(2)58(65)73-36-17-13-11-15-34-71-55-30-26-51(40-56(55)72-35-16-12-14-18-37-74-59(66)44(3)4)62(69)77-53-29-31-54(47(9)39-53)78-57(64)32-21-48-19-22-49(23-20-48)50-24-27-52(28-25-50)70-38-33-63(10,41-75-60(67)45(5)6)42-76-61(68)46(7)8/h19-32,39-40H,1,3,5,7,11-18,33-38,41-42H2,2,4,6,8-10H3/b32-21+. The summed E-state index contributed by atoms with van der Waals surface area (Å²) in [6, 6.07) is 24.8. The summed E-state index contributed by atoms with van der Waals surface area (Å²) >= 11 is 0. The first-order chi connectivity index (χ1) is 37.2. The molecular formula is C63H74O15. The molecule has 78 heavy (non-hydrogen) atoms. The number of ether oxygens (including phenoxy) is 9. The van der Waals surface area contributed by atoms with Gasteiger partial charge in [0, 0.05) is 33.8 Å². The topological polar surface area (TPSA) is 185 Å². The van der Waals surface area contributed by atoms with E-state index in [1.807, 2.05) is 55.5 Å². The number of unbranched alkanes of at least 4 members (excludes halogenated alkanes) is 6. The molecule has 4 rings (SSSR count). The summed E-state index contributed by atoms with van der Waals surface area (Å²) in [6.07, 6.45) is 9.71. The molecule has 0 N–H and O–H groups in total. The van der Waals surface area contributed by atoms with Crippen LogP contribution in [-0.4, -0.2) is 82.1 Å². The van der Waals surface area contributed by atoms with Crippen LogP contribution in [0.2, 0.25) is 0 Å². The molecule has 0 bridgehead atoms. The Bertz CT molecular complexity index is 2740. The fraction of sp³-hybridized carbons (Fsp3) is 0.365. The van der Waals surface area contributed by atoms with Crippen LogP contribution in [0.3, 0.4) is 0 Å². The molecule has 15 heteroatoms. The first-order valence-corrected chi connectivity index (χ1v) is 26.0. The summed E-state index contributed by atoms with van der Waals surface area (Å²) in [5.41, 5.74) is 4.04. The maximum Gasteiger partial charge on any atom is 0.343 e. The Hall–Kier alpha value is -8.20. The van der Waals surface area contributed by atoms with Crippen molar-refractivity contribution >= 4 is 41.9 Å². The van der Waals surface area contributed by atoms with E-state index in [4.69, 9.17) is 42.6 Å². The van der Waals surface area contributed by atoms with E-state index in [0.717, 1.165) is 61.6 Å². The summed E-state index contributed by atoms with van der Waals surface area (Å²) in [7, 11) is 0. The lowest BCUT2D eigenvalue weighted by Crippen LogP contribution is -2.33. The van der Waals surface area contributed by atoms with Crippen LogP contribution in [0.5, 0.6) is 28.7 Å². The van der Waals surface area contributed by atoms with Crippen molar-refractivity contribution in [2.24, 2.45) is 5.41 Å². The highest BCUT2D eigenvalue weighted by Gasteiger charge is 2.29. The Morgan fingerprint density at radius 3 is 1.45 bits per heavy atom. The number of hydrogen-bond acceptors (Lipinski definition) is 15. The Morgan fingerprint density at radius 1 is 0.474 bits per heavy atom. The molecule has 0 aliphatic carbocycles. The van der Waals surface area contributed by atoms with Crippen molar-refractivity contribution in [1.82, 2.24) is 0 Å². The molecule has 0 atom stereocenters. The highest BCUT2D eigenvalue weighted by molar-refractivity contribution is 5.92. The summed E-state index contributed by atoms with van der Waals surface area (Å²) in [6.45, 7) is 26.1.